The van der Waals surface area contributed by atoms with Gasteiger partial charge in [-0.2, -0.15) is 4.31 Å². The van der Waals surface area contributed by atoms with Gasteiger partial charge in [0.25, 0.3) is 10.0 Å². The first-order valence-electron chi connectivity index (χ1n) is 6.48. The van der Waals surface area contributed by atoms with Gasteiger partial charge in [0, 0.05) is 24.2 Å². The van der Waals surface area contributed by atoms with Crippen molar-refractivity contribution in [2.45, 2.75) is 17.1 Å². The van der Waals surface area contributed by atoms with Crippen LogP contribution >= 0.6 is 11.3 Å². The Bertz CT molecular complexity index is 695. The van der Waals surface area contributed by atoms with Crippen LogP contribution in [0.15, 0.2) is 39.9 Å². The molecular formula is C14H16N2O2S2. The summed E-state index contributed by atoms with van der Waals surface area (Å²) in [6, 6.07) is 9.70. The first-order valence-corrected chi connectivity index (χ1v) is 8.80. The Kier molecular flexibility index (Phi) is 3.54. The Morgan fingerprint density at radius 2 is 1.70 bits per heavy atom. The van der Waals surface area contributed by atoms with E-state index in [-0.39, 0.29) is 0 Å². The van der Waals surface area contributed by atoms with Crippen molar-refractivity contribution in [2.24, 2.45) is 0 Å². The number of benzene rings is 1. The number of nitrogens with zero attached hydrogens (tertiary/aromatic N) is 1. The number of thiophene rings is 1. The standard InChI is InChI=1S/C14H16N2O2S2/c15-13-9-14(19-10-13)20(17,18)16-7-5-11-3-1-2-4-12(11)6-8-16/h1-4,9-10H,5-8,15H2. The van der Waals surface area contributed by atoms with Gasteiger partial charge in [-0.05, 0) is 30.0 Å². The van der Waals surface area contributed by atoms with Crippen molar-refractivity contribution < 1.29 is 8.42 Å². The number of hydrogen-bond acceptors (Lipinski definition) is 4. The number of anilines is 1. The molecule has 0 saturated heterocycles. The van der Waals surface area contributed by atoms with E-state index in [2.05, 4.69) is 12.1 Å². The molecule has 0 saturated carbocycles. The summed E-state index contributed by atoms with van der Waals surface area (Å²) < 4.78 is 27.1. The lowest BCUT2D eigenvalue weighted by Crippen LogP contribution is -2.32. The molecule has 3 rings (SSSR count). The Balaban J connectivity index is 1.87. The summed E-state index contributed by atoms with van der Waals surface area (Å²) in [5.74, 6) is 0. The molecule has 0 aliphatic carbocycles. The predicted octanol–water partition coefficient (Wildman–Crippen LogP) is 2.12. The number of fused-ring (bicyclic) bond motifs is 1. The van der Waals surface area contributed by atoms with Crippen molar-refractivity contribution in [1.82, 2.24) is 4.31 Å². The second-order valence-electron chi connectivity index (χ2n) is 4.87. The van der Waals surface area contributed by atoms with E-state index in [9.17, 15) is 8.42 Å². The van der Waals surface area contributed by atoms with Crippen molar-refractivity contribution in [2.75, 3.05) is 18.8 Å². The van der Waals surface area contributed by atoms with Crippen LogP contribution in [0.5, 0.6) is 0 Å². The van der Waals surface area contributed by atoms with E-state index >= 15 is 0 Å². The highest BCUT2D eigenvalue weighted by Gasteiger charge is 2.27. The second-order valence-corrected chi connectivity index (χ2v) is 7.95. The molecule has 0 radical (unpaired) electrons. The largest absolute Gasteiger partial charge is 0.398 e. The van der Waals surface area contributed by atoms with Crippen LogP contribution in [0.4, 0.5) is 5.69 Å². The van der Waals surface area contributed by atoms with Crippen LogP contribution in [0.1, 0.15) is 11.1 Å². The quantitative estimate of drug-likeness (QED) is 0.924. The maximum absolute atomic E-state index is 12.6. The molecule has 0 spiro atoms. The minimum atomic E-state index is -3.41. The molecule has 6 heteroatoms. The highest BCUT2D eigenvalue weighted by Crippen LogP contribution is 2.27. The molecule has 1 aliphatic rings. The number of hydrogen-bond donors (Lipinski definition) is 1. The minimum Gasteiger partial charge on any atom is -0.398 e. The van der Waals surface area contributed by atoms with Gasteiger partial charge in [-0.25, -0.2) is 8.42 Å². The summed E-state index contributed by atoms with van der Waals surface area (Å²) in [5.41, 5.74) is 8.63. The summed E-state index contributed by atoms with van der Waals surface area (Å²) in [6.45, 7) is 1.05. The molecule has 1 aromatic heterocycles. The fourth-order valence-corrected chi connectivity index (χ4v) is 5.15. The molecule has 2 N–H and O–H groups in total. The fourth-order valence-electron chi connectivity index (χ4n) is 2.48. The third-order valence-corrected chi connectivity index (χ3v) is 6.90. The van der Waals surface area contributed by atoms with Crippen molar-refractivity contribution in [3.63, 3.8) is 0 Å². The van der Waals surface area contributed by atoms with Crippen LogP contribution in [-0.4, -0.2) is 25.8 Å². The van der Waals surface area contributed by atoms with E-state index in [0.29, 0.717) is 23.0 Å². The van der Waals surface area contributed by atoms with Gasteiger partial charge >= 0.3 is 0 Å². The Morgan fingerprint density at radius 1 is 1.10 bits per heavy atom. The highest BCUT2D eigenvalue weighted by molar-refractivity contribution is 7.91. The SMILES string of the molecule is Nc1csc(S(=O)(=O)N2CCc3ccccc3CC2)c1. The zero-order valence-electron chi connectivity index (χ0n) is 11.0. The van der Waals surface area contributed by atoms with Gasteiger partial charge in [-0.3, -0.25) is 0 Å². The number of sulfonamides is 1. The lowest BCUT2D eigenvalue weighted by atomic mass is 10.0. The van der Waals surface area contributed by atoms with Crippen molar-refractivity contribution >= 4 is 27.0 Å². The second kappa shape index (κ2) is 5.20. The van der Waals surface area contributed by atoms with Crippen LogP contribution in [0.25, 0.3) is 0 Å². The van der Waals surface area contributed by atoms with E-state index in [4.69, 9.17) is 5.73 Å². The Labute approximate surface area is 122 Å². The molecule has 2 aromatic rings. The van der Waals surface area contributed by atoms with Gasteiger partial charge in [-0.1, -0.05) is 24.3 Å². The topological polar surface area (TPSA) is 63.4 Å². The number of nitrogen functional groups attached to an aromatic ring is 1. The van der Waals surface area contributed by atoms with Crippen LogP contribution in [-0.2, 0) is 22.9 Å². The molecule has 1 aliphatic heterocycles. The maximum Gasteiger partial charge on any atom is 0.252 e. The van der Waals surface area contributed by atoms with Crippen molar-refractivity contribution in [1.29, 1.82) is 0 Å². The van der Waals surface area contributed by atoms with Crippen LogP contribution in [0.2, 0.25) is 0 Å². The highest BCUT2D eigenvalue weighted by atomic mass is 32.2. The van der Waals surface area contributed by atoms with E-state index < -0.39 is 10.0 Å². The average molecular weight is 308 g/mol. The van der Waals surface area contributed by atoms with Crippen LogP contribution < -0.4 is 5.73 Å². The van der Waals surface area contributed by atoms with Crippen molar-refractivity contribution in [3.05, 3.63) is 46.8 Å². The summed E-state index contributed by atoms with van der Waals surface area (Å²) in [6.07, 6.45) is 1.52. The van der Waals surface area contributed by atoms with E-state index in [1.807, 2.05) is 12.1 Å². The smallest absolute Gasteiger partial charge is 0.252 e. The van der Waals surface area contributed by atoms with E-state index in [1.54, 1.807) is 9.69 Å². The molecule has 0 amide bonds. The fraction of sp³-hybridized carbons (Fsp3) is 0.286. The Hall–Kier alpha value is -1.37. The first kappa shape index (κ1) is 13.6. The molecule has 2 heterocycles. The zero-order valence-corrected chi connectivity index (χ0v) is 12.6. The monoisotopic (exact) mass is 308 g/mol. The minimum absolute atomic E-state index is 0.334. The summed E-state index contributed by atoms with van der Waals surface area (Å²) >= 11 is 1.19. The third-order valence-electron chi connectivity index (χ3n) is 3.57. The molecule has 0 atom stereocenters. The molecule has 0 unspecified atom stereocenters. The van der Waals surface area contributed by atoms with Gasteiger partial charge < -0.3 is 5.73 Å². The van der Waals surface area contributed by atoms with Gasteiger partial charge in [0.15, 0.2) is 0 Å². The first-order chi connectivity index (χ1) is 9.57. The molecule has 106 valence electrons. The summed E-state index contributed by atoms with van der Waals surface area (Å²) in [5, 5.41) is 1.67. The van der Waals surface area contributed by atoms with Gasteiger partial charge in [0.05, 0.1) is 0 Å². The van der Waals surface area contributed by atoms with Crippen molar-refractivity contribution in [3.8, 4) is 0 Å². The van der Waals surface area contributed by atoms with Gasteiger partial charge in [-0.15, -0.1) is 11.3 Å². The molecule has 20 heavy (non-hydrogen) atoms. The molecule has 4 nitrogen and oxygen atoms in total. The molecule has 1 aromatic carbocycles. The average Bonchev–Trinajstić information content (AvgIpc) is 2.75. The number of rotatable bonds is 2. The summed E-state index contributed by atoms with van der Waals surface area (Å²) in [4.78, 5) is 0. The van der Waals surface area contributed by atoms with Gasteiger partial charge in [0.2, 0.25) is 0 Å². The summed E-state index contributed by atoms with van der Waals surface area (Å²) in [7, 11) is -3.41. The van der Waals surface area contributed by atoms with Crippen LogP contribution in [0, 0.1) is 0 Å². The maximum atomic E-state index is 12.6. The normalized spacial score (nSPS) is 16.6. The molecule has 0 bridgehead atoms. The Morgan fingerprint density at radius 3 is 2.20 bits per heavy atom. The zero-order chi connectivity index (χ0) is 14.2. The third kappa shape index (κ3) is 2.46. The molecule has 0 fully saturated rings. The molecular weight excluding hydrogens is 292 g/mol. The predicted molar refractivity (Wildman–Crippen MR) is 81.3 cm³/mol. The van der Waals surface area contributed by atoms with Crippen LogP contribution in [0.3, 0.4) is 0 Å². The van der Waals surface area contributed by atoms with Gasteiger partial charge in [0.1, 0.15) is 4.21 Å². The van der Waals surface area contributed by atoms with E-state index in [1.165, 1.54) is 28.5 Å². The number of nitrogens with two attached hydrogens (primary N) is 1. The van der Waals surface area contributed by atoms with E-state index in [0.717, 1.165) is 12.8 Å². The lowest BCUT2D eigenvalue weighted by Gasteiger charge is -2.18. The lowest BCUT2D eigenvalue weighted by molar-refractivity contribution is 0.428.